The van der Waals surface area contributed by atoms with Gasteiger partial charge in [0.05, 0.1) is 0 Å². The Labute approximate surface area is 165 Å². The van der Waals surface area contributed by atoms with Gasteiger partial charge in [0.1, 0.15) is 11.4 Å². The van der Waals surface area contributed by atoms with Gasteiger partial charge in [-0.3, -0.25) is 9.79 Å². The lowest BCUT2D eigenvalue weighted by Gasteiger charge is -2.20. The lowest BCUT2D eigenvalue weighted by atomic mass is 10.1. The molecule has 0 saturated heterocycles. The SMILES string of the molecule is CN=C(NCCNC(=O)OC(C)(C)C)NCCNC(=O)c1ccc(C)c(F)c1. The smallest absolute Gasteiger partial charge is 0.407 e. The van der Waals surface area contributed by atoms with Crippen LogP contribution in [0.5, 0.6) is 0 Å². The molecule has 4 N–H and O–H groups in total. The van der Waals surface area contributed by atoms with Crippen molar-refractivity contribution in [1.29, 1.82) is 0 Å². The Hall–Kier alpha value is -2.84. The van der Waals surface area contributed by atoms with Gasteiger partial charge in [-0.25, -0.2) is 9.18 Å². The number of aliphatic imine (C=N–C) groups is 1. The molecule has 0 unspecified atom stereocenters. The van der Waals surface area contributed by atoms with E-state index in [1.807, 2.05) is 0 Å². The highest BCUT2D eigenvalue weighted by Gasteiger charge is 2.15. The summed E-state index contributed by atoms with van der Waals surface area (Å²) in [6.45, 7) is 8.62. The van der Waals surface area contributed by atoms with Crippen LogP contribution in [0, 0.1) is 12.7 Å². The van der Waals surface area contributed by atoms with E-state index in [0.717, 1.165) is 0 Å². The molecule has 0 aliphatic rings. The first kappa shape index (κ1) is 23.2. The van der Waals surface area contributed by atoms with Crippen LogP contribution < -0.4 is 21.3 Å². The number of halogens is 1. The van der Waals surface area contributed by atoms with Gasteiger partial charge in [0.2, 0.25) is 0 Å². The Morgan fingerprint density at radius 1 is 1.04 bits per heavy atom. The number of amides is 2. The largest absolute Gasteiger partial charge is 0.444 e. The van der Waals surface area contributed by atoms with Gasteiger partial charge in [-0.15, -0.1) is 0 Å². The molecule has 0 aromatic heterocycles. The van der Waals surface area contributed by atoms with Crippen molar-refractivity contribution in [2.75, 3.05) is 33.2 Å². The predicted molar refractivity (Wildman–Crippen MR) is 107 cm³/mol. The van der Waals surface area contributed by atoms with E-state index in [4.69, 9.17) is 4.74 Å². The molecule has 2 amide bonds. The summed E-state index contributed by atoms with van der Waals surface area (Å²) in [7, 11) is 1.62. The average Bonchev–Trinajstić information content (AvgIpc) is 2.60. The minimum absolute atomic E-state index is 0.277. The number of hydrogen-bond acceptors (Lipinski definition) is 4. The van der Waals surface area contributed by atoms with E-state index in [1.54, 1.807) is 46.9 Å². The highest BCUT2D eigenvalue weighted by atomic mass is 19.1. The molecule has 0 spiro atoms. The number of hydrogen-bond donors (Lipinski definition) is 4. The number of rotatable bonds is 7. The summed E-state index contributed by atoms with van der Waals surface area (Å²) < 4.78 is 18.6. The molecular formula is C19H30FN5O3. The second kappa shape index (κ2) is 11.1. The van der Waals surface area contributed by atoms with Crippen LogP contribution in [0.4, 0.5) is 9.18 Å². The maximum atomic E-state index is 13.5. The molecule has 9 heteroatoms. The van der Waals surface area contributed by atoms with Crippen molar-refractivity contribution in [2.24, 2.45) is 4.99 Å². The molecular weight excluding hydrogens is 365 g/mol. The van der Waals surface area contributed by atoms with Crippen LogP contribution in [0.2, 0.25) is 0 Å². The third kappa shape index (κ3) is 9.20. The molecule has 0 bridgehead atoms. The fourth-order valence-electron chi connectivity index (χ4n) is 2.07. The molecule has 1 rings (SSSR count). The number of nitrogens with zero attached hydrogens (tertiary/aromatic N) is 1. The molecule has 28 heavy (non-hydrogen) atoms. The standard InChI is InChI=1S/C19H30FN5O3/c1-13-6-7-14(12-15(13)20)16(26)22-8-9-23-17(21-5)24-10-11-25-18(27)28-19(2,3)4/h6-7,12H,8-11H2,1-5H3,(H,22,26)(H,25,27)(H2,21,23,24). The van der Waals surface area contributed by atoms with Gasteiger partial charge in [-0.1, -0.05) is 6.07 Å². The summed E-state index contributed by atoms with van der Waals surface area (Å²) in [4.78, 5) is 27.6. The maximum absolute atomic E-state index is 13.5. The number of aryl methyl sites for hydroxylation is 1. The quantitative estimate of drug-likeness (QED) is 0.319. The van der Waals surface area contributed by atoms with E-state index in [1.165, 1.54) is 6.07 Å². The highest BCUT2D eigenvalue weighted by Crippen LogP contribution is 2.08. The van der Waals surface area contributed by atoms with E-state index in [0.29, 0.717) is 37.7 Å². The van der Waals surface area contributed by atoms with Crippen molar-refractivity contribution in [3.05, 3.63) is 35.1 Å². The van der Waals surface area contributed by atoms with Crippen molar-refractivity contribution < 1.29 is 18.7 Å². The predicted octanol–water partition coefficient (Wildman–Crippen LogP) is 1.55. The van der Waals surface area contributed by atoms with Crippen molar-refractivity contribution in [2.45, 2.75) is 33.3 Å². The van der Waals surface area contributed by atoms with Gasteiger partial charge in [0.25, 0.3) is 5.91 Å². The van der Waals surface area contributed by atoms with Gasteiger partial charge < -0.3 is 26.0 Å². The Kier molecular flexibility index (Phi) is 9.20. The second-order valence-electron chi connectivity index (χ2n) is 7.07. The third-order valence-electron chi connectivity index (χ3n) is 3.45. The number of carbonyl (C=O) groups excluding carboxylic acids is 2. The fraction of sp³-hybridized carbons (Fsp3) is 0.526. The minimum Gasteiger partial charge on any atom is -0.444 e. The Morgan fingerprint density at radius 3 is 2.14 bits per heavy atom. The first-order valence-electron chi connectivity index (χ1n) is 9.08. The normalized spacial score (nSPS) is 11.6. The van der Waals surface area contributed by atoms with Crippen molar-refractivity contribution in [3.8, 4) is 0 Å². The monoisotopic (exact) mass is 395 g/mol. The first-order valence-corrected chi connectivity index (χ1v) is 9.08. The molecule has 0 saturated carbocycles. The summed E-state index contributed by atoms with van der Waals surface area (Å²) in [5.74, 6) is -0.220. The number of ether oxygens (including phenoxy) is 1. The maximum Gasteiger partial charge on any atom is 0.407 e. The zero-order valence-electron chi connectivity index (χ0n) is 17.1. The summed E-state index contributed by atoms with van der Waals surface area (Å²) >= 11 is 0. The summed E-state index contributed by atoms with van der Waals surface area (Å²) in [6.07, 6.45) is -0.479. The molecule has 1 aromatic carbocycles. The zero-order valence-corrected chi connectivity index (χ0v) is 17.1. The highest BCUT2D eigenvalue weighted by molar-refractivity contribution is 5.94. The van der Waals surface area contributed by atoms with Crippen LogP contribution >= 0.6 is 0 Å². The van der Waals surface area contributed by atoms with E-state index in [-0.39, 0.29) is 11.5 Å². The van der Waals surface area contributed by atoms with Crippen LogP contribution in [-0.4, -0.2) is 56.8 Å². The van der Waals surface area contributed by atoms with Gasteiger partial charge >= 0.3 is 6.09 Å². The van der Waals surface area contributed by atoms with Crippen molar-refractivity contribution >= 4 is 18.0 Å². The molecule has 0 heterocycles. The number of guanidine groups is 1. The molecule has 0 radical (unpaired) electrons. The van der Waals surface area contributed by atoms with Crippen molar-refractivity contribution in [1.82, 2.24) is 21.3 Å². The van der Waals surface area contributed by atoms with E-state index in [2.05, 4.69) is 26.3 Å². The Morgan fingerprint density at radius 2 is 1.61 bits per heavy atom. The molecule has 1 aromatic rings. The van der Waals surface area contributed by atoms with Crippen molar-refractivity contribution in [3.63, 3.8) is 0 Å². The van der Waals surface area contributed by atoms with E-state index >= 15 is 0 Å². The average molecular weight is 395 g/mol. The first-order chi connectivity index (χ1) is 13.1. The number of carbonyl (C=O) groups is 2. The lowest BCUT2D eigenvalue weighted by Crippen LogP contribution is -2.44. The van der Waals surface area contributed by atoms with Crippen LogP contribution in [-0.2, 0) is 4.74 Å². The Balaban J connectivity index is 2.23. The van der Waals surface area contributed by atoms with E-state index < -0.39 is 17.5 Å². The van der Waals surface area contributed by atoms with Crippen LogP contribution in [0.1, 0.15) is 36.7 Å². The summed E-state index contributed by atoms with van der Waals surface area (Å²) in [5, 5.41) is 11.4. The molecule has 156 valence electrons. The molecule has 0 atom stereocenters. The van der Waals surface area contributed by atoms with Gasteiger partial charge in [-0.05, 0) is 45.4 Å². The number of nitrogens with one attached hydrogen (secondary N) is 4. The Bertz CT molecular complexity index is 701. The molecule has 0 aliphatic carbocycles. The minimum atomic E-state index is -0.538. The summed E-state index contributed by atoms with van der Waals surface area (Å²) in [6, 6.07) is 4.37. The third-order valence-corrected chi connectivity index (χ3v) is 3.45. The number of benzene rings is 1. The topological polar surface area (TPSA) is 104 Å². The van der Waals surface area contributed by atoms with Gasteiger partial charge in [-0.2, -0.15) is 0 Å². The van der Waals surface area contributed by atoms with Gasteiger partial charge in [0.15, 0.2) is 5.96 Å². The van der Waals surface area contributed by atoms with Crippen LogP contribution in [0.15, 0.2) is 23.2 Å². The van der Waals surface area contributed by atoms with Gasteiger partial charge in [0, 0.05) is 38.8 Å². The molecule has 8 nitrogen and oxygen atoms in total. The lowest BCUT2D eigenvalue weighted by molar-refractivity contribution is 0.0528. The zero-order chi connectivity index (χ0) is 21.2. The summed E-state index contributed by atoms with van der Waals surface area (Å²) in [5.41, 5.74) is 0.234. The van der Waals surface area contributed by atoms with Crippen LogP contribution in [0.3, 0.4) is 0 Å². The number of alkyl carbamates (subject to hydrolysis) is 1. The second-order valence-corrected chi connectivity index (χ2v) is 7.07. The molecule has 0 fully saturated rings. The van der Waals surface area contributed by atoms with Crippen LogP contribution in [0.25, 0.3) is 0 Å². The fourth-order valence-corrected chi connectivity index (χ4v) is 2.07. The van der Waals surface area contributed by atoms with E-state index in [9.17, 15) is 14.0 Å². The molecule has 0 aliphatic heterocycles.